The van der Waals surface area contributed by atoms with Crippen LogP contribution in [0.25, 0.3) is 22.0 Å². The maximum absolute atomic E-state index is 11.7. The van der Waals surface area contributed by atoms with Crippen LogP contribution in [0.3, 0.4) is 0 Å². The lowest BCUT2D eigenvalue weighted by Gasteiger charge is -1.99. The van der Waals surface area contributed by atoms with E-state index >= 15 is 0 Å². The Morgan fingerprint density at radius 2 is 2.38 bits per heavy atom. The van der Waals surface area contributed by atoms with Gasteiger partial charge >= 0.3 is 0 Å². The van der Waals surface area contributed by atoms with Crippen LogP contribution in [0, 0.1) is 6.92 Å². The number of aromatic amines is 1. The minimum atomic E-state index is -0.177. The molecule has 5 nitrogen and oxygen atoms in total. The van der Waals surface area contributed by atoms with Gasteiger partial charge in [-0.3, -0.25) is 4.79 Å². The highest BCUT2D eigenvalue weighted by Gasteiger charge is 2.16. The molecule has 0 saturated heterocycles. The first-order valence-corrected chi connectivity index (χ1v) is 5.18. The first-order valence-electron chi connectivity index (χ1n) is 5.18. The summed E-state index contributed by atoms with van der Waals surface area (Å²) < 4.78 is 7.55. The normalized spacial score (nSPS) is 11.6. The smallest absolute Gasteiger partial charge is 0.288 e. The first kappa shape index (κ1) is 9.21. The third-order valence-electron chi connectivity index (χ3n) is 2.79. The highest BCUT2D eigenvalue weighted by Crippen LogP contribution is 2.28. The van der Waals surface area contributed by atoms with E-state index in [1.165, 1.54) is 0 Å². The van der Waals surface area contributed by atoms with Crippen molar-refractivity contribution in [3.8, 4) is 0 Å². The van der Waals surface area contributed by atoms with E-state index < -0.39 is 0 Å². The molecule has 0 fully saturated rings. The fourth-order valence-electron chi connectivity index (χ4n) is 2.17. The maximum atomic E-state index is 11.7. The molecule has 0 bridgehead atoms. The van der Waals surface area contributed by atoms with Gasteiger partial charge in [0.2, 0.25) is 0 Å². The Labute approximate surface area is 90.7 Å². The van der Waals surface area contributed by atoms with Gasteiger partial charge in [0.25, 0.3) is 5.56 Å². The van der Waals surface area contributed by atoms with Gasteiger partial charge in [0, 0.05) is 12.6 Å². The molecule has 0 aliphatic carbocycles. The number of hydrogen-bond acceptors (Lipinski definition) is 3. The lowest BCUT2D eigenvalue weighted by Crippen LogP contribution is -2.11. The fourth-order valence-corrected chi connectivity index (χ4v) is 2.17. The Bertz CT molecular complexity index is 733. The summed E-state index contributed by atoms with van der Waals surface area (Å²) >= 11 is 0. The minimum Gasteiger partial charge on any atom is -0.459 e. The van der Waals surface area contributed by atoms with Crippen LogP contribution in [-0.4, -0.2) is 14.8 Å². The van der Waals surface area contributed by atoms with Crippen molar-refractivity contribution >= 4 is 22.0 Å². The Balaban J connectivity index is 2.66. The van der Waals surface area contributed by atoms with Crippen LogP contribution in [0.15, 0.2) is 21.5 Å². The topological polar surface area (TPSA) is 63.8 Å². The number of fused-ring (bicyclic) bond motifs is 3. The Hall–Kier alpha value is -2.04. The van der Waals surface area contributed by atoms with E-state index in [1.54, 1.807) is 6.20 Å². The highest BCUT2D eigenvalue weighted by atomic mass is 16.3. The lowest BCUT2D eigenvalue weighted by atomic mass is 10.3. The average Bonchev–Trinajstić information content (AvgIpc) is 2.74. The molecule has 82 valence electrons. The fraction of sp³-hybridized carbons (Fsp3) is 0.273. The van der Waals surface area contributed by atoms with Gasteiger partial charge in [0.05, 0.1) is 17.1 Å². The van der Waals surface area contributed by atoms with Crippen molar-refractivity contribution in [1.29, 1.82) is 0 Å². The van der Waals surface area contributed by atoms with E-state index in [0.29, 0.717) is 5.52 Å². The van der Waals surface area contributed by atoms with Crippen molar-refractivity contribution < 1.29 is 4.42 Å². The van der Waals surface area contributed by atoms with E-state index in [0.717, 1.165) is 28.8 Å². The predicted molar refractivity (Wildman–Crippen MR) is 60.5 cm³/mol. The van der Waals surface area contributed by atoms with E-state index in [-0.39, 0.29) is 5.56 Å². The summed E-state index contributed by atoms with van der Waals surface area (Å²) in [5, 5.41) is 7.03. The number of rotatable bonds is 1. The molecule has 0 atom stereocenters. The molecule has 0 saturated carbocycles. The van der Waals surface area contributed by atoms with Gasteiger partial charge in [0.15, 0.2) is 5.58 Å². The molecule has 0 aliphatic heterocycles. The maximum Gasteiger partial charge on any atom is 0.288 e. The van der Waals surface area contributed by atoms with Crippen molar-refractivity contribution in [3.63, 3.8) is 0 Å². The summed E-state index contributed by atoms with van der Waals surface area (Å²) in [4.78, 5) is 11.7. The van der Waals surface area contributed by atoms with Crippen LogP contribution >= 0.6 is 0 Å². The van der Waals surface area contributed by atoms with E-state index in [2.05, 4.69) is 10.2 Å². The zero-order valence-corrected chi connectivity index (χ0v) is 9.07. The van der Waals surface area contributed by atoms with Crippen molar-refractivity contribution in [2.45, 2.75) is 20.4 Å². The van der Waals surface area contributed by atoms with Gasteiger partial charge in [-0.2, -0.15) is 5.10 Å². The monoisotopic (exact) mass is 217 g/mol. The number of H-pyrrole nitrogens is 1. The molecule has 5 heteroatoms. The zero-order chi connectivity index (χ0) is 11.3. The van der Waals surface area contributed by atoms with Crippen LogP contribution in [0.2, 0.25) is 0 Å². The second-order valence-corrected chi connectivity index (χ2v) is 3.78. The molecule has 16 heavy (non-hydrogen) atoms. The van der Waals surface area contributed by atoms with Gasteiger partial charge in [-0.1, -0.05) is 0 Å². The van der Waals surface area contributed by atoms with Crippen LogP contribution in [0.4, 0.5) is 0 Å². The summed E-state index contributed by atoms with van der Waals surface area (Å²) in [6, 6.07) is 1.94. The zero-order valence-electron chi connectivity index (χ0n) is 9.07. The van der Waals surface area contributed by atoms with Gasteiger partial charge in [-0.05, 0) is 13.8 Å². The Morgan fingerprint density at radius 3 is 3.12 bits per heavy atom. The van der Waals surface area contributed by atoms with E-state index in [9.17, 15) is 4.79 Å². The van der Waals surface area contributed by atoms with Gasteiger partial charge in [-0.25, -0.2) is 5.10 Å². The minimum absolute atomic E-state index is 0.177. The molecule has 0 spiro atoms. The Morgan fingerprint density at radius 1 is 1.56 bits per heavy atom. The predicted octanol–water partition coefficient (Wildman–Crippen LogP) is 1.80. The van der Waals surface area contributed by atoms with Crippen molar-refractivity contribution in [3.05, 3.63) is 28.4 Å². The van der Waals surface area contributed by atoms with Crippen molar-refractivity contribution in [2.24, 2.45) is 0 Å². The molecule has 1 N–H and O–H groups in total. The second-order valence-electron chi connectivity index (χ2n) is 3.78. The molecular weight excluding hydrogens is 206 g/mol. The van der Waals surface area contributed by atoms with Crippen LogP contribution in [-0.2, 0) is 6.54 Å². The number of aryl methyl sites for hydroxylation is 2. The third kappa shape index (κ3) is 0.997. The second kappa shape index (κ2) is 2.98. The number of hydrogen-bond donors (Lipinski definition) is 1. The average molecular weight is 217 g/mol. The molecule has 0 radical (unpaired) electrons. The SMILES string of the molecule is CCn1c2cc(C)oc2c2cn[nH]c(=O)c21. The quantitative estimate of drug-likeness (QED) is 0.676. The summed E-state index contributed by atoms with van der Waals surface area (Å²) in [6.07, 6.45) is 1.63. The summed E-state index contributed by atoms with van der Waals surface area (Å²) in [5.74, 6) is 0.842. The van der Waals surface area contributed by atoms with Crippen molar-refractivity contribution in [2.75, 3.05) is 0 Å². The van der Waals surface area contributed by atoms with E-state index in [4.69, 9.17) is 4.42 Å². The highest BCUT2D eigenvalue weighted by molar-refractivity contribution is 6.04. The molecule has 3 rings (SSSR count). The number of aromatic nitrogens is 3. The van der Waals surface area contributed by atoms with Crippen LogP contribution in [0.5, 0.6) is 0 Å². The molecule has 0 aromatic carbocycles. The van der Waals surface area contributed by atoms with Gasteiger partial charge < -0.3 is 8.98 Å². The molecular formula is C11H11N3O2. The van der Waals surface area contributed by atoms with Crippen LogP contribution in [0.1, 0.15) is 12.7 Å². The standard InChI is InChI=1S/C11H11N3O2/c1-3-14-8-4-6(2)16-10(8)7-5-12-13-11(15)9(7)14/h4-5H,3H2,1-2H3,(H,13,15). The molecule has 3 heterocycles. The number of nitrogens with zero attached hydrogens (tertiary/aromatic N) is 2. The van der Waals surface area contributed by atoms with E-state index in [1.807, 2.05) is 24.5 Å². The summed E-state index contributed by atoms with van der Waals surface area (Å²) in [5.41, 5.74) is 2.15. The molecule has 3 aromatic rings. The molecule has 3 aromatic heterocycles. The van der Waals surface area contributed by atoms with Gasteiger partial charge in [-0.15, -0.1) is 0 Å². The number of nitrogens with one attached hydrogen (secondary N) is 1. The summed E-state index contributed by atoms with van der Waals surface area (Å²) in [7, 11) is 0. The first-order chi connectivity index (χ1) is 7.72. The number of furan rings is 1. The largest absolute Gasteiger partial charge is 0.459 e. The molecule has 0 amide bonds. The third-order valence-corrected chi connectivity index (χ3v) is 2.79. The lowest BCUT2D eigenvalue weighted by molar-refractivity contribution is 0.581. The Kier molecular flexibility index (Phi) is 1.71. The molecule has 0 unspecified atom stereocenters. The van der Waals surface area contributed by atoms with Crippen LogP contribution < -0.4 is 5.56 Å². The summed E-state index contributed by atoms with van der Waals surface area (Å²) in [6.45, 7) is 4.62. The van der Waals surface area contributed by atoms with Crippen molar-refractivity contribution in [1.82, 2.24) is 14.8 Å². The van der Waals surface area contributed by atoms with Gasteiger partial charge in [0.1, 0.15) is 11.3 Å². The molecule has 0 aliphatic rings.